The largest absolute Gasteiger partial charge is 0.360 e. The van der Waals surface area contributed by atoms with Crippen LogP contribution in [-0.2, 0) is 13.0 Å². The van der Waals surface area contributed by atoms with Crippen molar-refractivity contribution in [1.29, 1.82) is 0 Å². The third-order valence-corrected chi connectivity index (χ3v) is 6.67. The lowest BCUT2D eigenvalue weighted by molar-refractivity contribution is 0.0950. The zero-order valence-corrected chi connectivity index (χ0v) is 18.1. The van der Waals surface area contributed by atoms with Gasteiger partial charge >= 0.3 is 0 Å². The summed E-state index contributed by atoms with van der Waals surface area (Å²) in [5.74, 6) is 0.423. The molecule has 3 heterocycles. The van der Waals surface area contributed by atoms with Gasteiger partial charge in [-0.1, -0.05) is 29.4 Å². The van der Waals surface area contributed by atoms with Gasteiger partial charge in [0.05, 0.1) is 8.66 Å². The quantitative estimate of drug-likeness (QED) is 0.544. The molecule has 28 heavy (non-hydrogen) atoms. The van der Waals surface area contributed by atoms with Crippen LogP contribution in [0.3, 0.4) is 0 Å². The minimum absolute atomic E-state index is 0.123. The average Bonchev–Trinajstić information content (AvgIpc) is 3.30. The number of hydrogen-bond acceptors (Lipinski definition) is 5. The molecular weight excluding hydrogens is 438 g/mol. The third-order valence-electron chi connectivity index (χ3n) is 5.04. The van der Waals surface area contributed by atoms with Gasteiger partial charge in [0.1, 0.15) is 17.0 Å². The second kappa shape index (κ2) is 8.59. The number of benzene rings is 1. The lowest BCUT2D eigenvalue weighted by atomic mass is 10.00. The molecule has 3 aromatic rings. The Morgan fingerprint density at radius 3 is 2.89 bits per heavy atom. The monoisotopic (exact) mass is 459 g/mol. The molecule has 4 rings (SSSR count). The fourth-order valence-electron chi connectivity index (χ4n) is 3.59. The molecule has 146 valence electrons. The van der Waals surface area contributed by atoms with E-state index in [-0.39, 0.29) is 5.91 Å². The van der Waals surface area contributed by atoms with Gasteiger partial charge in [-0.05, 0) is 59.0 Å². The maximum Gasteiger partial charge on any atom is 0.257 e. The first-order chi connectivity index (χ1) is 13.6. The number of aromatic nitrogens is 1. The number of nitrogens with zero attached hydrogens (tertiary/aromatic N) is 2. The molecule has 1 aliphatic heterocycles. The van der Waals surface area contributed by atoms with E-state index in [0.29, 0.717) is 23.6 Å². The lowest BCUT2D eigenvalue weighted by Gasteiger charge is -2.28. The standard InChI is InChI=1S/C21H22BrN3O2S/c1-14-19(20(24-27-14)17-7-8-18(22)28-17)21(26)23-10-4-11-25-12-9-15-5-2-3-6-16(15)13-25/h2-3,5-8H,4,9-13H2,1H3,(H,23,26). The highest BCUT2D eigenvalue weighted by Gasteiger charge is 2.22. The molecule has 1 amide bonds. The molecule has 2 aromatic heterocycles. The van der Waals surface area contributed by atoms with Gasteiger partial charge in [0, 0.05) is 26.2 Å². The molecule has 0 saturated carbocycles. The molecule has 0 aliphatic carbocycles. The summed E-state index contributed by atoms with van der Waals surface area (Å²) in [6.07, 6.45) is 2.01. The van der Waals surface area contributed by atoms with E-state index in [4.69, 9.17) is 4.52 Å². The van der Waals surface area contributed by atoms with Crippen LogP contribution < -0.4 is 5.32 Å². The van der Waals surface area contributed by atoms with Crippen LogP contribution in [0.25, 0.3) is 10.6 Å². The van der Waals surface area contributed by atoms with Crippen LogP contribution in [0.15, 0.2) is 44.7 Å². The molecule has 7 heteroatoms. The summed E-state index contributed by atoms with van der Waals surface area (Å²) in [5.41, 5.74) is 4.02. The number of hydrogen-bond donors (Lipinski definition) is 1. The number of rotatable bonds is 6. The van der Waals surface area contributed by atoms with Crippen LogP contribution >= 0.6 is 27.3 Å². The van der Waals surface area contributed by atoms with Gasteiger partial charge in [-0.15, -0.1) is 11.3 Å². The fraction of sp³-hybridized carbons (Fsp3) is 0.333. The van der Waals surface area contributed by atoms with Crippen molar-refractivity contribution in [3.05, 3.63) is 62.6 Å². The molecule has 0 unspecified atom stereocenters. The summed E-state index contributed by atoms with van der Waals surface area (Å²) in [4.78, 5) is 16.1. The molecule has 1 aliphatic rings. The van der Waals surface area contributed by atoms with Crippen molar-refractivity contribution < 1.29 is 9.32 Å². The Labute approximate surface area is 176 Å². The number of aryl methyl sites for hydroxylation is 1. The van der Waals surface area contributed by atoms with Gasteiger partial charge in [-0.2, -0.15) is 0 Å². The summed E-state index contributed by atoms with van der Waals surface area (Å²) in [6.45, 7) is 5.45. The van der Waals surface area contributed by atoms with Crippen molar-refractivity contribution in [2.75, 3.05) is 19.6 Å². The predicted octanol–water partition coefficient (Wildman–Crippen LogP) is 4.65. The molecule has 0 saturated heterocycles. The van der Waals surface area contributed by atoms with E-state index in [9.17, 15) is 4.79 Å². The smallest absolute Gasteiger partial charge is 0.257 e. The van der Waals surface area contributed by atoms with Gasteiger partial charge in [0.25, 0.3) is 5.91 Å². The molecule has 5 nitrogen and oxygen atoms in total. The number of thiophene rings is 1. The minimum atomic E-state index is -0.123. The number of carbonyl (C=O) groups is 1. The van der Waals surface area contributed by atoms with Crippen LogP contribution in [0.1, 0.15) is 33.7 Å². The Morgan fingerprint density at radius 1 is 1.29 bits per heavy atom. The topological polar surface area (TPSA) is 58.4 Å². The maximum atomic E-state index is 12.7. The highest BCUT2D eigenvalue weighted by atomic mass is 79.9. The van der Waals surface area contributed by atoms with E-state index < -0.39 is 0 Å². The van der Waals surface area contributed by atoms with Crippen LogP contribution in [0, 0.1) is 6.92 Å². The van der Waals surface area contributed by atoms with Crippen LogP contribution in [-0.4, -0.2) is 35.6 Å². The van der Waals surface area contributed by atoms with Gasteiger partial charge in [0.15, 0.2) is 0 Å². The van der Waals surface area contributed by atoms with Crippen LogP contribution in [0.2, 0.25) is 0 Å². The summed E-state index contributed by atoms with van der Waals surface area (Å²) in [7, 11) is 0. The summed E-state index contributed by atoms with van der Waals surface area (Å²) >= 11 is 4.99. The van der Waals surface area contributed by atoms with E-state index in [1.165, 1.54) is 22.5 Å². The number of amides is 1. The highest BCUT2D eigenvalue weighted by Crippen LogP contribution is 2.33. The zero-order valence-electron chi connectivity index (χ0n) is 15.7. The fourth-order valence-corrected chi connectivity index (χ4v) is 4.96. The summed E-state index contributed by atoms with van der Waals surface area (Å²) < 4.78 is 6.29. The number of halogens is 1. The van der Waals surface area contributed by atoms with Crippen LogP contribution in [0.4, 0.5) is 0 Å². The van der Waals surface area contributed by atoms with Crippen molar-refractivity contribution >= 4 is 33.2 Å². The molecule has 1 aromatic carbocycles. The number of carbonyl (C=O) groups excluding carboxylic acids is 1. The summed E-state index contributed by atoms with van der Waals surface area (Å²) in [5, 5.41) is 7.12. The zero-order chi connectivity index (χ0) is 19.5. The van der Waals surface area contributed by atoms with Crippen molar-refractivity contribution in [3.8, 4) is 10.6 Å². The van der Waals surface area contributed by atoms with Gasteiger partial charge < -0.3 is 9.84 Å². The Morgan fingerprint density at radius 2 is 2.11 bits per heavy atom. The molecular formula is C21H22BrN3O2S. The Bertz CT molecular complexity index is 982. The van der Waals surface area contributed by atoms with E-state index in [1.807, 2.05) is 12.1 Å². The number of fused-ring (bicyclic) bond motifs is 1. The first kappa shape index (κ1) is 19.4. The predicted molar refractivity (Wildman–Crippen MR) is 115 cm³/mol. The number of nitrogens with one attached hydrogen (secondary N) is 1. The van der Waals surface area contributed by atoms with E-state index >= 15 is 0 Å². The molecule has 0 spiro atoms. The van der Waals surface area contributed by atoms with E-state index in [2.05, 4.69) is 55.6 Å². The van der Waals surface area contributed by atoms with Gasteiger partial charge in [-0.25, -0.2) is 0 Å². The Hall–Kier alpha value is -1.96. The molecule has 0 radical (unpaired) electrons. The van der Waals surface area contributed by atoms with E-state index in [0.717, 1.165) is 41.1 Å². The highest BCUT2D eigenvalue weighted by molar-refractivity contribution is 9.11. The molecule has 0 bridgehead atoms. The third kappa shape index (κ3) is 4.21. The van der Waals surface area contributed by atoms with Crippen molar-refractivity contribution in [2.24, 2.45) is 0 Å². The second-order valence-electron chi connectivity index (χ2n) is 6.97. The molecule has 1 N–H and O–H groups in total. The van der Waals surface area contributed by atoms with Crippen LogP contribution in [0.5, 0.6) is 0 Å². The second-order valence-corrected chi connectivity index (χ2v) is 9.43. The average molecular weight is 460 g/mol. The SMILES string of the molecule is Cc1onc(-c2ccc(Br)s2)c1C(=O)NCCCN1CCc2ccccc2C1. The lowest BCUT2D eigenvalue weighted by Crippen LogP contribution is -2.33. The molecule has 0 atom stereocenters. The van der Waals surface area contributed by atoms with E-state index in [1.54, 1.807) is 6.92 Å². The van der Waals surface area contributed by atoms with Crippen molar-refractivity contribution in [1.82, 2.24) is 15.4 Å². The normalized spacial score (nSPS) is 14.1. The Balaban J connectivity index is 1.31. The first-order valence-corrected chi connectivity index (χ1v) is 11.0. The van der Waals surface area contributed by atoms with Gasteiger partial charge in [-0.3, -0.25) is 9.69 Å². The van der Waals surface area contributed by atoms with Gasteiger partial charge in [0.2, 0.25) is 0 Å². The van der Waals surface area contributed by atoms with Crippen molar-refractivity contribution in [3.63, 3.8) is 0 Å². The maximum absolute atomic E-state index is 12.7. The van der Waals surface area contributed by atoms with Crippen molar-refractivity contribution in [2.45, 2.75) is 26.3 Å². The summed E-state index contributed by atoms with van der Waals surface area (Å²) in [6, 6.07) is 12.5. The minimum Gasteiger partial charge on any atom is -0.360 e. The first-order valence-electron chi connectivity index (χ1n) is 9.41. The molecule has 0 fully saturated rings. The Kier molecular flexibility index (Phi) is 5.94.